The molecule has 0 N–H and O–H groups in total. The summed E-state index contributed by atoms with van der Waals surface area (Å²) in [6.45, 7) is 4.48. The second-order valence-electron chi connectivity index (χ2n) is 7.90. The van der Waals surface area contributed by atoms with E-state index < -0.39 is 10.0 Å². The number of sulfonamides is 1. The molecule has 0 saturated heterocycles. The lowest BCUT2D eigenvalue weighted by Gasteiger charge is -2.19. The van der Waals surface area contributed by atoms with Crippen molar-refractivity contribution in [2.24, 2.45) is 0 Å². The van der Waals surface area contributed by atoms with E-state index in [4.69, 9.17) is 9.26 Å². The van der Waals surface area contributed by atoms with Crippen LogP contribution in [0.4, 0.5) is 5.69 Å². The summed E-state index contributed by atoms with van der Waals surface area (Å²) in [5.74, 6) is 1.12. The van der Waals surface area contributed by atoms with Crippen LogP contribution in [-0.4, -0.2) is 44.4 Å². The van der Waals surface area contributed by atoms with Gasteiger partial charge in [-0.2, -0.15) is 0 Å². The van der Waals surface area contributed by atoms with Gasteiger partial charge in [0.05, 0.1) is 16.2 Å². The Labute approximate surface area is 187 Å². The molecule has 1 amide bonds. The number of ether oxygens (including phenoxy) is 1. The summed E-state index contributed by atoms with van der Waals surface area (Å²) in [5.41, 5.74) is 3.73. The molecule has 9 heteroatoms. The summed E-state index contributed by atoms with van der Waals surface area (Å²) < 4.78 is 37.0. The van der Waals surface area contributed by atoms with Crippen LogP contribution in [0.3, 0.4) is 0 Å². The molecule has 0 fully saturated rings. The Morgan fingerprint density at radius 1 is 1.19 bits per heavy atom. The van der Waals surface area contributed by atoms with E-state index in [1.807, 2.05) is 13.8 Å². The van der Waals surface area contributed by atoms with Gasteiger partial charge in [0.2, 0.25) is 10.0 Å². The number of anilines is 1. The smallest absolute Gasteiger partial charge is 0.258 e. The van der Waals surface area contributed by atoms with Crippen molar-refractivity contribution in [2.75, 3.05) is 25.5 Å². The van der Waals surface area contributed by atoms with Crippen molar-refractivity contribution in [1.82, 2.24) is 9.46 Å². The first-order chi connectivity index (χ1) is 15.2. The molecule has 0 unspecified atom stereocenters. The fraction of sp³-hybridized carbons (Fsp3) is 0.304. The van der Waals surface area contributed by atoms with E-state index in [9.17, 15) is 13.2 Å². The Bertz CT molecular complexity index is 1260. The highest BCUT2D eigenvalue weighted by Crippen LogP contribution is 2.32. The molecule has 0 bridgehead atoms. The molecule has 4 rings (SSSR count). The number of carbonyl (C=O) groups is 1. The fourth-order valence-electron chi connectivity index (χ4n) is 3.70. The first kappa shape index (κ1) is 22.0. The molecule has 2 aromatic carbocycles. The van der Waals surface area contributed by atoms with E-state index in [1.54, 1.807) is 47.4 Å². The van der Waals surface area contributed by atoms with Gasteiger partial charge in [0.25, 0.3) is 5.91 Å². The largest absolute Gasteiger partial charge is 0.489 e. The predicted molar refractivity (Wildman–Crippen MR) is 119 cm³/mol. The van der Waals surface area contributed by atoms with Crippen molar-refractivity contribution < 1.29 is 22.5 Å². The minimum Gasteiger partial charge on any atom is -0.489 e. The van der Waals surface area contributed by atoms with Gasteiger partial charge in [-0.3, -0.25) is 4.79 Å². The number of carbonyl (C=O) groups excluding carboxylic acids is 1. The molecule has 1 aliphatic heterocycles. The fourth-order valence-corrected chi connectivity index (χ4v) is 4.65. The number of aryl methyl sites for hydroxylation is 2. The quantitative estimate of drug-likeness (QED) is 0.566. The Kier molecular flexibility index (Phi) is 5.79. The lowest BCUT2D eigenvalue weighted by atomic mass is 10.1. The number of benzene rings is 2. The number of amides is 1. The van der Waals surface area contributed by atoms with Gasteiger partial charge < -0.3 is 14.2 Å². The lowest BCUT2D eigenvalue weighted by Crippen LogP contribution is -2.28. The maximum Gasteiger partial charge on any atom is 0.258 e. The number of nitrogens with zero attached hydrogens (tertiary/aromatic N) is 3. The third-order valence-corrected chi connectivity index (χ3v) is 7.43. The van der Waals surface area contributed by atoms with E-state index >= 15 is 0 Å². The third kappa shape index (κ3) is 4.01. The van der Waals surface area contributed by atoms with E-state index in [0.717, 1.165) is 22.5 Å². The van der Waals surface area contributed by atoms with E-state index in [1.165, 1.54) is 18.4 Å². The van der Waals surface area contributed by atoms with E-state index in [2.05, 4.69) is 5.16 Å². The summed E-state index contributed by atoms with van der Waals surface area (Å²) in [4.78, 5) is 15.1. The Morgan fingerprint density at radius 3 is 2.66 bits per heavy atom. The third-order valence-electron chi connectivity index (χ3n) is 5.62. The highest BCUT2D eigenvalue weighted by atomic mass is 32.2. The minimum absolute atomic E-state index is 0.158. The Balaban J connectivity index is 1.53. The second kappa shape index (κ2) is 8.40. The zero-order valence-corrected chi connectivity index (χ0v) is 19.3. The van der Waals surface area contributed by atoms with Gasteiger partial charge in [0.1, 0.15) is 18.1 Å². The summed E-state index contributed by atoms with van der Waals surface area (Å²) >= 11 is 0. The molecule has 168 valence electrons. The first-order valence-corrected chi connectivity index (χ1v) is 11.6. The summed E-state index contributed by atoms with van der Waals surface area (Å²) in [6, 6.07) is 11.9. The van der Waals surface area contributed by atoms with Crippen molar-refractivity contribution in [1.29, 1.82) is 0 Å². The molecule has 1 aromatic heterocycles. The molecule has 0 spiro atoms. The average molecular weight is 456 g/mol. The number of hydrogen-bond acceptors (Lipinski definition) is 6. The van der Waals surface area contributed by atoms with Crippen molar-refractivity contribution in [3.05, 3.63) is 70.6 Å². The zero-order chi connectivity index (χ0) is 23.0. The molecule has 0 saturated carbocycles. The van der Waals surface area contributed by atoms with Crippen LogP contribution in [0.15, 0.2) is 51.9 Å². The number of fused-ring (bicyclic) bond motifs is 1. The molecule has 0 aliphatic carbocycles. The van der Waals surface area contributed by atoms with Crippen molar-refractivity contribution in [3.63, 3.8) is 0 Å². The maximum atomic E-state index is 13.2. The van der Waals surface area contributed by atoms with Crippen molar-refractivity contribution in [3.8, 4) is 5.75 Å². The Hall–Kier alpha value is -3.17. The van der Waals surface area contributed by atoms with E-state index in [0.29, 0.717) is 36.6 Å². The molecule has 1 aliphatic rings. The van der Waals surface area contributed by atoms with Gasteiger partial charge in [-0.15, -0.1) is 0 Å². The molecule has 0 radical (unpaired) electrons. The molecule has 8 nitrogen and oxygen atoms in total. The van der Waals surface area contributed by atoms with Gasteiger partial charge in [-0.25, -0.2) is 12.7 Å². The van der Waals surface area contributed by atoms with Crippen LogP contribution in [-0.2, 0) is 23.1 Å². The number of aromatic nitrogens is 1. The van der Waals surface area contributed by atoms with Crippen LogP contribution >= 0.6 is 0 Å². The van der Waals surface area contributed by atoms with E-state index in [-0.39, 0.29) is 10.8 Å². The zero-order valence-electron chi connectivity index (χ0n) is 18.5. The second-order valence-corrected chi connectivity index (χ2v) is 10.1. The standard InChI is InChI=1S/C23H25N3O5S/c1-15-21(16(2)31-24-15)14-30-19-7-5-6-18(12-19)23(27)26-11-10-17-13-20(8-9-22(17)26)32(28,29)25(3)4/h5-9,12-13H,10-11,14H2,1-4H3. The highest BCUT2D eigenvalue weighted by molar-refractivity contribution is 7.89. The predicted octanol–water partition coefficient (Wildman–Crippen LogP) is 3.32. The molecular weight excluding hydrogens is 430 g/mol. The average Bonchev–Trinajstić information content (AvgIpc) is 3.34. The van der Waals surface area contributed by atoms with Crippen molar-refractivity contribution in [2.45, 2.75) is 31.8 Å². The highest BCUT2D eigenvalue weighted by Gasteiger charge is 2.28. The lowest BCUT2D eigenvalue weighted by molar-refractivity contribution is 0.0989. The van der Waals surface area contributed by atoms with Crippen LogP contribution in [0.1, 0.15) is 32.9 Å². The number of rotatable bonds is 6. The SMILES string of the molecule is Cc1noc(C)c1COc1cccc(C(=O)N2CCc3cc(S(=O)(=O)N(C)C)ccc32)c1. The molecule has 2 heterocycles. The van der Waals surface area contributed by atoms with Gasteiger partial charge in [0.15, 0.2) is 0 Å². The van der Waals surface area contributed by atoms with Crippen LogP contribution in [0, 0.1) is 13.8 Å². The monoisotopic (exact) mass is 455 g/mol. The summed E-state index contributed by atoms with van der Waals surface area (Å²) in [7, 11) is -0.525. The van der Waals surface area contributed by atoms with Gasteiger partial charge in [0, 0.05) is 31.9 Å². The van der Waals surface area contributed by atoms with Gasteiger partial charge >= 0.3 is 0 Å². The van der Waals surface area contributed by atoms with Crippen LogP contribution < -0.4 is 9.64 Å². The van der Waals surface area contributed by atoms with Gasteiger partial charge in [-0.1, -0.05) is 11.2 Å². The van der Waals surface area contributed by atoms with Crippen molar-refractivity contribution >= 4 is 21.6 Å². The molecule has 3 aromatic rings. The van der Waals surface area contributed by atoms with Gasteiger partial charge in [-0.05, 0) is 62.2 Å². The summed E-state index contributed by atoms with van der Waals surface area (Å²) in [6.07, 6.45) is 0.597. The molecular formula is C23H25N3O5S. The Morgan fingerprint density at radius 2 is 1.97 bits per heavy atom. The maximum absolute atomic E-state index is 13.2. The van der Waals surface area contributed by atoms with Crippen LogP contribution in [0.5, 0.6) is 5.75 Å². The molecule has 0 atom stereocenters. The first-order valence-electron chi connectivity index (χ1n) is 10.2. The topological polar surface area (TPSA) is 93.0 Å². The number of hydrogen-bond donors (Lipinski definition) is 0. The van der Waals surface area contributed by atoms with Crippen LogP contribution in [0.25, 0.3) is 0 Å². The normalized spacial score (nSPS) is 13.5. The summed E-state index contributed by atoms with van der Waals surface area (Å²) in [5, 5.41) is 3.92. The minimum atomic E-state index is -3.52. The van der Waals surface area contributed by atoms with Crippen LogP contribution in [0.2, 0.25) is 0 Å². The molecule has 32 heavy (non-hydrogen) atoms.